The van der Waals surface area contributed by atoms with E-state index >= 15 is 0 Å². The maximum Gasteiger partial charge on any atom is 0.261 e. The monoisotopic (exact) mass is 439 g/mol. The lowest BCUT2D eigenvalue weighted by atomic mass is 10.0. The van der Waals surface area contributed by atoms with E-state index in [2.05, 4.69) is 16.9 Å². The second-order valence-corrected chi connectivity index (χ2v) is 8.06. The van der Waals surface area contributed by atoms with Gasteiger partial charge < -0.3 is 14.6 Å². The molecule has 5 rings (SSSR count). The van der Waals surface area contributed by atoms with Crippen LogP contribution in [0.4, 0.5) is 0 Å². The zero-order chi connectivity index (χ0) is 29.3. The third-order valence-electron chi connectivity index (χ3n) is 6.11. The molecular weight excluding hydrogens is 402 g/mol. The van der Waals surface area contributed by atoms with Crippen LogP contribution in [-0.2, 0) is 6.42 Å². The number of ether oxygens (including phenoxy) is 1. The Hall–Kier alpha value is -3.12. The lowest BCUT2D eigenvalue weighted by Gasteiger charge is -2.18. The molecule has 0 unspecified atom stereocenters. The molecule has 3 heterocycles. The van der Waals surface area contributed by atoms with Crippen LogP contribution >= 0.6 is 0 Å². The van der Waals surface area contributed by atoms with Crippen LogP contribution in [0.1, 0.15) is 62.8 Å². The van der Waals surface area contributed by atoms with Crippen LogP contribution in [0, 0.1) is 0 Å². The number of carbonyl (C=O) groups is 2. The number of nitrogens with one attached hydrogen (secondary N) is 1. The molecule has 1 atom stereocenters. The number of likely N-dealkylation sites (N-methyl/N-ethyl adjacent to an activating group) is 1. The SMILES string of the molecule is [2H]C([2H])(Oc1ccc2[nH]cc(C[C@H]3CCCN3C)c2c1)C([2H])([2H])C([2H])([2H])C([2H])([2H])N1C(=O)c2ccccc2C1=O. The number of fused-ring (bicyclic) bond motifs is 2. The Kier molecular flexibility index (Phi) is 3.69. The molecule has 0 spiro atoms. The molecule has 1 N–H and O–H groups in total. The van der Waals surface area contributed by atoms with Crippen LogP contribution in [0.3, 0.4) is 0 Å². The summed E-state index contributed by atoms with van der Waals surface area (Å²) in [7, 11) is 2.06. The highest BCUT2D eigenvalue weighted by Gasteiger charge is 2.34. The Balaban J connectivity index is 1.43. The van der Waals surface area contributed by atoms with Crippen molar-refractivity contribution in [1.29, 1.82) is 0 Å². The fourth-order valence-electron chi connectivity index (χ4n) is 4.37. The number of imide groups is 1. The maximum atomic E-state index is 12.9. The Bertz CT molecular complexity index is 1450. The van der Waals surface area contributed by atoms with E-state index in [9.17, 15) is 9.59 Å². The van der Waals surface area contributed by atoms with Crippen LogP contribution in [0.5, 0.6) is 5.75 Å². The van der Waals surface area contributed by atoms with Crippen molar-refractivity contribution >= 4 is 22.7 Å². The van der Waals surface area contributed by atoms with Crippen molar-refractivity contribution in [3.8, 4) is 5.75 Å². The summed E-state index contributed by atoms with van der Waals surface area (Å²) in [5.41, 5.74) is 1.45. The average molecular weight is 440 g/mol. The second kappa shape index (κ2) is 8.79. The third-order valence-corrected chi connectivity index (χ3v) is 6.11. The molecule has 2 aliphatic heterocycles. The minimum absolute atomic E-state index is 0.0176. The number of aromatic nitrogens is 1. The molecular formula is C26H29N3O3. The lowest BCUT2D eigenvalue weighted by Crippen LogP contribution is -2.30. The van der Waals surface area contributed by atoms with E-state index in [1.807, 2.05) is 6.20 Å². The number of hydrogen-bond donors (Lipinski definition) is 1. The Morgan fingerprint density at radius 1 is 1.12 bits per heavy atom. The van der Waals surface area contributed by atoms with Gasteiger partial charge in [-0.25, -0.2) is 0 Å². The molecule has 0 saturated carbocycles. The number of nitrogens with zero attached hydrogens (tertiary/aromatic N) is 2. The predicted molar refractivity (Wildman–Crippen MR) is 124 cm³/mol. The van der Waals surface area contributed by atoms with Gasteiger partial charge in [-0.3, -0.25) is 14.5 Å². The highest BCUT2D eigenvalue weighted by Crippen LogP contribution is 2.28. The summed E-state index contributed by atoms with van der Waals surface area (Å²) >= 11 is 0. The second-order valence-electron chi connectivity index (χ2n) is 8.06. The summed E-state index contributed by atoms with van der Waals surface area (Å²) in [4.78, 5) is 31.2. The molecule has 1 aromatic heterocycles. The number of aromatic amines is 1. The number of benzene rings is 2. The van der Waals surface area contributed by atoms with Crippen molar-refractivity contribution < 1.29 is 25.3 Å². The van der Waals surface area contributed by atoms with Crippen molar-refractivity contribution in [1.82, 2.24) is 14.8 Å². The zero-order valence-electron chi connectivity index (χ0n) is 25.6. The number of carbonyl (C=O) groups excluding carboxylic acids is 2. The molecule has 0 bridgehead atoms. The molecule has 6 heteroatoms. The smallest absolute Gasteiger partial charge is 0.261 e. The fraction of sp³-hybridized carbons (Fsp3) is 0.385. The van der Waals surface area contributed by atoms with E-state index in [4.69, 9.17) is 15.7 Å². The molecule has 6 nitrogen and oxygen atoms in total. The van der Waals surface area contributed by atoms with Crippen LogP contribution in [-0.4, -0.2) is 59.3 Å². The van der Waals surface area contributed by atoms with Crippen molar-refractivity contribution in [2.24, 2.45) is 0 Å². The van der Waals surface area contributed by atoms with Gasteiger partial charge >= 0.3 is 0 Å². The molecule has 2 aromatic carbocycles. The predicted octanol–water partition coefficient (Wildman–Crippen LogP) is 4.26. The normalized spacial score (nSPS) is 24.2. The van der Waals surface area contributed by atoms with Gasteiger partial charge in [0.15, 0.2) is 0 Å². The van der Waals surface area contributed by atoms with Gasteiger partial charge in [0.05, 0.1) is 20.4 Å². The van der Waals surface area contributed by atoms with E-state index in [0.717, 1.165) is 42.3 Å². The number of hydrogen-bond acceptors (Lipinski definition) is 4. The molecule has 1 fully saturated rings. The van der Waals surface area contributed by atoms with E-state index < -0.39 is 37.6 Å². The van der Waals surface area contributed by atoms with Gasteiger partial charge in [-0.15, -0.1) is 0 Å². The van der Waals surface area contributed by atoms with Gasteiger partial charge in [0.1, 0.15) is 5.75 Å². The van der Waals surface area contributed by atoms with Crippen LogP contribution in [0.15, 0.2) is 48.7 Å². The summed E-state index contributed by atoms with van der Waals surface area (Å²) < 4.78 is 72.7. The van der Waals surface area contributed by atoms with Gasteiger partial charge in [0, 0.05) is 37.9 Å². The van der Waals surface area contributed by atoms with Crippen molar-refractivity contribution in [2.45, 2.75) is 38.1 Å². The Morgan fingerprint density at radius 2 is 1.91 bits per heavy atom. The van der Waals surface area contributed by atoms with Gasteiger partial charge in [0.25, 0.3) is 11.8 Å². The largest absolute Gasteiger partial charge is 0.494 e. The minimum atomic E-state index is -3.74. The lowest BCUT2D eigenvalue weighted by molar-refractivity contribution is 0.0649. The summed E-state index contributed by atoms with van der Waals surface area (Å²) in [5, 5.41) is 0.749. The molecule has 0 radical (unpaired) electrons. The minimum Gasteiger partial charge on any atom is -0.494 e. The molecule has 166 valence electrons. The van der Waals surface area contributed by atoms with E-state index in [1.54, 1.807) is 12.1 Å². The number of amides is 2. The number of likely N-dealkylation sites (tertiary alicyclic amines) is 1. The van der Waals surface area contributed by atoms with Crippen molar-refractivity contribution in [2.75, 3.05) is 26.6 Å². The first-order valence-corrected chi connectivity index (χ1v) is 10.6. The van der Waals surface area contributed by atoms with Crippen molar-refractivity contribution in [3.63, 3.8) is 0 Å². The first-order chi connectivity index (χ1) is 18.6. The summed E-state index contributed by atoms with van der Waals surface area (Å²) in [5.74, 6) is -2.35. The highest BCUT2D eigenvalue weighted by atomic mass is 16.5. The van der Waals surface area contributed by atoms with Crippen molar-refractivity contribution in [3.05, 3.63) is 65.4 Å². The van der Waals surface area contributed by atoms with Crippen LogP contribution < -0.4 is 4.74 Å². The van der Waals surface area contributed by atoms with Gasteiger partial charge in [-0.1, -0.05) is 12.1 Å². The summed E-state index contributed by atoms with van der Waals surface area (Å²) in [6.45, 7) is -5.99. The average Bonchev–Trinajstić information content (AvgIpc) is 3.55. The van der Waals surface area contributed by atoms with E-state index in [0.29, 0.717) is 6.04 Å². The molecule has 0 aliphatic carbocycles. The first kappa shape index (κ1) is 13.4. The van der Waals surface area contributed by atoms with E-state index in [1.165, 1.54) is 30.3 Å². The Labute approximate surface area is 199 Å². The topological polar surface area (TPSA) is 65.6 Å². The number of H-pyrrole nitrogens is 1. The fourth-order valence-corrected chi connectivity index (χ4v) is 4.37. The summed E-state index contributed by atoms with van der Waals surface area (Å²) in [6.07, 6.45) is -2.66. The maximum absolute atomic E-state index is 12.9. The van der Waals surface area contributed by atoms with Gasteiger partial charge in [0.2, 0.25) is 0 Å². The van der Waals surface area contributed by atoms with Gasteiger partial charge in [-0.05, 0) is 81.5 Å². The van der Waals surface area contributed by atoms with Gasteiger partial charge in [-0.2, -0.15) is 0 Å². The molecule has 2 aliphatic rings. The van der Waals surface area contributed by atoms with Crippen LogP contribution in [0.2, 0.25) is 0 Å². The first-order valence-electron chi connectivity index (χ1n) is 14.6. The third kappa shape index (κ3) is 3.91. The molecule has 1 saturated heterocycles. The molecule has 3 aromatic rings. The quantitative estimate of drug-likeness (QED) is 0.533. The number of rotatable bonds is 8. The highest BCUT2D eigenvalue weighted by molar-refractivity contribution is 6.21. The summed E-state index contributed by atoms with van der Waals surface area (Å²) in [6, 6.07) is 10.4. The van der Waals surface area contributed by atoms with E-state index in [-0.39, 0.29) is 21.8 Å². The van der Waals surface area contributed by atoms with Crippen LogP contribution in [0.25, 0.3) is 10.9 Å². The standard InChI is InChI=1S/C26H29N3O3/c1-28-12-6-7-19(28)15-18-17-27-24-11-10-20(16-23(18)24)32-14-5-4-13-29-25(30)21-8-2-3-9-22(21)26(29)31/h2-3,8-11,16-17,19,27H,4-7,12-15H2,1H3/t19-/m1/s1/i4D2,5D2,13D2,14D2. The Morgan fingerprint density at radius 3 is 2.62 bits per heavy atom. The molecule has 32 heavy (non-hydrogen) atoms. The zero-order valence-corrected chi connectivity index (χ0v) is 17.6. The molecule has 2 amide bonds.